The first kappa shape index (κ1) is 55.3. The number of nitrogens with one attached hydrogen (secondary N) is 1. The van der Waals surface area contributed by atoms with Crippen molar-refractivity contribution in [1.29, 1.82) is 0 Å². The summed E-state index contributed by atoms with van der Waals surface area (Å²) in [5, 5.41) is 15.6. The fraction of sp³-hybridized carbons (Fsp3) is 0.396. The molecule has 1 aromatic heterocycles. The Bertz CT molecular complexity index is 2880. The summed E-state index contributed by atoms with van der Waals surface area (Å²) >= 11 is 4.81. The summed E-state index contributed by atoms with van der Waals surface area (Å²) in [5.41, 5.74) is -2.23. The fourth-order valence-corrected chi connectivity index (χ4v) is 12.4. The van der Waals surface area contributed by atoms with Crippen LogP contribution in [-0.4, -0.2) is 122 Å². The number of rotatable bonds is 20. The molecule has 5 N–H and O–H groups in total. The Balaban J connectivity index is 1.13. The van der Waals surface area contributed by atoms with E-state index in [4.69, 9.17) is 25.9 Å². The van der Waals surface area contributed by atoms with Crippen molar-refractivity contribution in [2.24, 2.45) is 5.92 Å². The third-order valence-corrected chi connectivity index (χ3v) is 16.9. The molecule has 2 fully saturated rings. The minimum Gasteiger partial charge on any atom is -0.478 e. The molecule has 0 amide bonds. The molecule has 2 aliphatic heterocycles. The number of aromatic nitrogens is 1. The third-order valence-electron chi connectivity index (χ3n) is 12.8. The number of carbonyl (C=O) groups is 1. The van der Waals surface area contributed by atoms with E-state index in [1.807, 2.05) is 90.0 Å². The van der Waals surface area contributed by atoms with Gasteiger partial charge in [0, 0.05) is 77.4 Å². The van der Waals surface area contributed by atoms with Crippen LogP contribution in [0.2, 0.25) is 5.02 Å². The Morgan fingerprint density at radius 2 is 1.61 bits per heavy atom. The Labute approximate surface area is 428 Å². The zero-order valence-electron chi connectivity index (χ0n) is 39.6. The average molecular weight is 1100 g/mol. The van der Waals surface area contributed by atoms with Crippen molar-refractivity contribution < 1.29 is 59.1 Å². The molecule has 2 atom stereocenters. The van der Waals surface area contributed by atoms with Crippen molar-refractivity contribution in [3.63, 3.8) is 0 Å². The molecule has 0 radical (unpaired) electrons. The highest BCUT2D eigenvalue weighted by Crippen LogP contribution is 2.43. The highest BCUT2D eigenvalue weighted by molar-refractivity contribution is 7.99. The van der Waals surface area contributed by atoms with Crippen LogP contribution in [0, 0.1) is 12.8 Å². The Kier molecular flexibility index (Phi) is 18.0. The number of hydrogen-bond acceptors (Lipinski definition) is 11. The second-order valence-electron chi connectivity index (χ2n) is 17.9. The molecule has 1 unspecified atom stereocenters. The number of phosphoric ester groups is 1. The van der Waals surface area contributed by atoms with Crippen LogP contribution in [0.4, 0.5) is 30.2 Å². The van der Waals surface area contributed by atoms with Gasteiger partial charge in [0.2, 0.25) is 0 Å². The number of likely N-dealkylation sites (tertiary alicyclic amines) is 1. The lowest BCUT2D eigenvalue weighted by molar-refractivity contribution is -0.0435. The second kappa shape index (κ2) is 23.4. The number of halogens is 4. The number of benzene rings is 4. The van der Waals surface area contributed by atoms with Crippen molar-refractivity contribution in [2.75, 3.05) is 72.8 Å². The Morgan fingerprint density at radius 1 is 0.944 bits per heavy atom. The van der Waals surface area contributed by atoms with Crippen molar-refractivity contribution in [3.8, 4) is 22.4 Å². The number of thioether (sulfide) groups is 1. The van der Waals surface area contributed by atoms with E-state index in [-0.39, 0.29) is 61.7 Å². The molecule has 5 aromatic rings. The number of piperazine rings is 1. The van der Waals surface area contributed by atoms with E-state index in [1.54, 1.807) is 19.1 Å². The molecular formula is C48H57ClF3N6O10PS3. The number of carboxylic acid groups (broad SMARTS) is 1. The molecule has 4 aromatic carbocycles. The molecule has 72 heavy (non-hydrogen) atoms. The van der Waals surface area contributed by atoms with E-state index < -0.39 is 51.3 Å². The number of hydrazine groups is 1. The normalized spacial score (nSPS) is 16.5. The van der Waals surface area contributed by atoms with Crippen LogP contribution in [0.3, 0.4) is 0 Å². The van der Waals surface area contributed by atoms with Gasteiger partial charge in [0.1, 0.15) is 4.90 Å². The first-order chi connectivity index (χ1) is 34.0. The zero-order chi connectivity index (χ0) is 52.1. The van der Waals surface area contributed by atoms with E-state index in [2.05, 4.69) is 10.2 Å². The minimum absolute atomic E-state index is 0.0663. The van der Waals surface area contributed by atoms with Crippen LogP contribution in [0.5, 0.6) is 0 Å². The molecule has 390 valence electrons. The van der Waals surface area contributed by atoms with Gasteiger partial charge < -0.3 is 34.6 Å². The standard InChI is InChI=1S/C48H57ClF3N6O10PS3/c1-32(2)57-33(3)44(47(59)60)45(46(57)35-12-14-37(49)15-13-35)36-8-7-9-39(28-36)55-24-26-56(27-25-55)58(71(64)65)40-16-17-42(43(29-40)72(66,67)48(50,51)52)53-38(31-70-41-10-5-4-6-11-41)20-23-54-21-18-34(19-22-54)30-68-69(61,62)63/h4-17,28-29,32,34,38,53H,18-27,30-31H2,1-3H3,(H,59,60)(H,64,65)(H2,61,62,63)/t38-/m1/s1. The summed E-state index contributed by atoms with van der Waals surface area (Å²) in [6.07, 6.45) is 1.59. The number of piperidine rings is 1. The maximum atomic E-state index is 14.5. The maximum absolute atomic E-state index is 14.5. The number of hydrogen-bond donors (Lipinski definition) is 5. The monoisotopic (exact) mass is 1100 g/mol. The Morgan fingerprint density at radius 3 is 2.21 bits per heavy atom. The number of anilines is 3. The van der Waals surface area contributed by atoms with Gasteiger partial charge in [-0.05, 0) is 125 Å². The number of alkyl halides is 3. The molecule has 0 bridgehead atoms. The van der Waals surface area contributed by atoms with Gasteiger partial charge >= 0.3 is 19.3 Å². The van der Waals surface area contributed by atoms with Crippen molar-refractivity contribution in [1.82, 2.24) is 14.5 Å². The molecule has 2 aliphatic rings. The quantitative estimate of drug-likeness (QED) is 0.0280. The average Bonchev–Trinajstić information content (AvgIpc) is 3.65. The topological polar surface area (TPSA) is 205 Å². The number of phosphoric acid groups is 1. The summed E-state index contributed by atoms with van der Waals surface area (Å²) in [7, 11) is -10.6. The predicted octanol–water partition coefficient (Wildman–Crippen LogP) is 9.82. The van der Waals surface area contributed by atoms with Crippen LogP contribution in [0.1, 0.15) is 55.2 Å². The van der Waals surface area contributed by atoms with Gasteiger partial charge in [-0.15, -0.1) is 11.8 Å². The van der Waals surface area contributed by atoms with Gasteiger partial charge in [-0.2, -0.15) is 17.6 Å². The molecular weight excluding hydrogens is 1040 g/mol. The molecule has 0 saturated carbocycles. The van der Waals surface area contributed by atoms with Crippen molar-refractivity contribution in [2.45, 2.75) is 67.4 Å². The lowest BCUT2D eigenvalue weighted by atomic mass is 9.96. The van der Waals surface area contributed by atoms with E-state index >= 15 is 0 Å². The minimum atomic E-state index is -6.02. The smallest absolute Gasteiger partial charge is 0.478 e. The molecule has 7 rings (SSSR count). The van der Waals surface area contributed by atoms with Crippen LogP contribution >= 0.6 is 31.2 Å². The third kappa shape index (κ3) is 13.3. The molecule has 0 spiro atoms. The highest BCUT2D eigenvalue weighted by atomic mass is 35.5. The molecule has 16 nitrogen and oxygen atoms in total. The van der Waals surface area contributed by atoms with E-state index in [1.165, 1.54) is 28.9 Å². The van der Waals surface area contributed by atoms with Crippen LogP contribution in [0.25, 0.3) is 22.4 Å². The number of nitrogens with zero attached hydrogens (tertiary/aromatic N) is 5. The van der Waals surface area contributed by atoms with Gasteiger partial charge in [-0.3, -0.25) is 9.08 Å². The second-order valence-corrected chi connectivity index (χ2v) is 23.4. The largest absolute Gasteiger partial charge is 0.501 e. The lowest BCUT2D eigenvalue weighted by Gasteiger charge is -2.40. The summed E-state index contributed by atoms with van der Waals surface area (Å²) in [6, 6.07) is 26.4. The highest BCUT2D eigenvalue weighted by Gasteiger charge is 2.48. The van der Waals surface area contributed by atoms with Crippen molar-refractivity contribution in [3.05, 3.63) is 113 Å². The fourth-order valence-electron chi connectivity index (χ4n) is 9.28. The van der Waals surface area contributed by atoms with Gasteiger partial charge in [-0.25, -0.2) is 27.0 Å². The van der Waals surface area contributed by atoms with Gasteiger partial charge in [0.25, 0.3) is 21.1 Å². The summed E-state index contributed by atoms with van der Waals surface area (Å²) in [4.78, 5) is 35.0. The van der Waals surface area contributed by atoms with E-state index in [0.717, 1.165) is 26.6 Å². The van der Waals surface area contributed by atoms with Crippen LogP contribution < -0.4 is 14.6 Å². The summed E-state index contributed by atoms with van der Waals surface area (Å²) in [5.74, 6) is -0.826. The number of sulfone groups is 1. The SMILES string of the molecule is Cc1c(C(=O)O)c(-c2cccc(N3CCN(N(c4ccc(N[C@H](CCN5CCC(COP(=O)(O)O)CC5)CSc5ccccc5)c(S(=O)(=O)C(F)(F)F)c4)S(=O)O)CC3)c2)c(-c2ccc(Cl)cc2)n1C(C)C. The van der Waals surface area contributed by atoms with Crippen molar-refractivity contribution >= 4 is 75.3 Å². The van der Waals surface area contributed by atoms with E-state index in [0.29, 0.717) is 72.2 Å². The lowest BCUT2D eigenvalue weighted by Crippen LogP contribution is -2.54. The Hall–Kier alpha value is -4.45. The molecule has 2 saturated heterocycles. The molecule has 24 heteroatoms. The van der Waals surface area contributed by atoms with E-state index in [9.17, 15) is 44.8 Å². The van der Waals surface area contributed by atoms with Crippen LogP contribution in [0.15, 0.2) is 107 Å². The molecule has 3 heterocycles. The first-order valence-corrected chi connectivity index (χ1v) is 28.5. The zero-order valence-corrected chi connectivity index (χ0v) is 43.7. The summed E-state index contributed by atoms with van der Waals surface area (Å²) < 4.78 is 113. The van der Waals surface area contributed by atoms with Gasteiger partial charge in [0.15, 0.2) is 0 Å². The van der Waals surface area contributed by atoms with Gasteiger partial charge in [0.05, 0.1) is 29.2 Å². The van der Waals surface area contributed by atoms with Crippen LogP contribution in [-0.2, 0) is 30.2 Å². The van der Waals surface area contributed by atoms with Gasteiger partial charge in [-0.1, -0.05) is 54.1 Å². The molecule has 0 aliphatic carbocycles. The maximum Gasteiger partial charge on any atom is 0.501 e. The predicted molar refractivity (Wildman–Crippen MR) is 275 cm³/mol. The number of carboxylic acids is 1. The summed E-state index contributed by atoms with van der Waals surface area (Å²) in [6.45, 7) is 7.96. The number of aromatic carboxylic acids is 1. The first-order valence-electron chi connectivity index (χ1n) is 23.1.